The van der Waals surface area contributed by atoms with Gasteiger partial charge >= 0.3 is 0 Å². The molecule has 4 heteroatoms. The molecule has 3 N–H and O–H groups in total. The largest absolute Gasteiger partial charge is 0.394 e. The molecule has 1 fully saturated rings. The zero-order valence-corrected chi connectivity index (χ0v) is 8.12. The molecule has 0 spiro atoms. The Morgan fingerprint density at radius 1 is 1.62 bits per heavy atom. The van der Waals surface area contributed by atoms with E-state index in [1.54, 1.807) is 0 Å². The number of β-amino-alcohol motifs (C(OH)–C–C–N with tert-alkyl or cyclic N) is 1. The topological polar surface area (TPSA) is 61.7 Å². The summed E-state index contributed by atoms with van der Waals surface area (Å²) in [5.41, 5.74) is -0.0333. The average molecular weight is 189 g/mol. The Hall–Kier alpha value is -0.160. The van der Waals surface area contributed by atoms with Gasteiger partial charge in [0, 0.05) is 18.7 Å². The van der Waals surface area contributed by atoms with Crippen LogP contribution in [0.2, 0.25) is 0 Å². The summed E-state index contributed by atoms with van der Waals surface area (Å²) in [5, 5.41) is 21.0. The van der Waals surface area contributed by atoms with Crippen molar-refractivity contribution in [1.82, 2.24) is 5.32 Å². The van der Waals surface area contributed by atoms with Crippen molar-refractivity contribution in [3.63, 3.8) is 0 Å². The van der Waals surface area contributed by atoms with Crippen molar-refractivity contribution >= 4 is 0 Å². The standard InChI is InChI=1S/C9H19NO3/c1-9(3-2-4-13-7-9)10-5-8(12)6-11/h8,10-12H,2-7H2,1H3. The Morgan fingerprint density at radius 2 is 2.38 bits per heavy atom. The molecule has 0 aromatic heterocycles. The summed E-state index contributed by atoms with van der Waals surface area (Å²) in [4.78, 5) is 0. The van der Waals surface area contributed by atoms with E-state index in [-0.39, 0.29) is 12.1 Å². The molecule has 0 radical (unpaired) electrons. The normalized spacial score (nSPS) is 31.6. The van der Waals surface area contributed by atoms with Crippen LogP contribution in [0.25, 0.3) is 0 Å². The van der Waals surface area contributed by atoms with Crippen LogP contribution in [0.4, 0.5) is 0 Å². The molecule has 2 atom stereocenters. The summed E-state index contributed by atoms with van der Waals surface area (Å²) in [6.07, 6.45) is 1.45. The zero-order valence-electron chi connectivity index (χ0n) is 8.12. The van der Waals surface area contributed by atoms with Crippen LogP contribution >= 0.6 is 0 Å². The second-order valence-electron chi connectivity index (χ2n) is 3.93. The van der Waals surface area contributed by atoms with Crippen LogP contribution in [0.5, 0.6) is 0 Å². The van der Waals surface area contributed by atoms with Gasteiger partial charge in [0.1, 0.15) is 0 Å². The molecule has 0 aliphatic carbocycles. The molecule has 0 bridgehead atoms. The van der Waals surface area contributed by atoms with Crippen LogP contribution < -0.4 is 5.32 Å². The zero-order chi connectivity index (χ0) is 9.73. The Morgan fingerprint density at radius 3 is 2.92 bits per heavy atom. The van der Waals surface area contributed by atoms with Crippen molar-refractivity contribution in [2.24, 2.45) is 0 Å². The smallest absolute Gasteiger partial charge is 0.0895 e. The van der Waals surface area contributed by atoms with Gasteiger partial charge in [-0.15, -0.1) is 0 Å². The fourth-order valence-corrected chi connectivity index (χ4v) is 1.50. The first kappa shape index (κ1) is 10.9. The van der Waals surface area contributed by atoms with Gasteiger partial charge in [0.05, 0.1) is 19.3 Å². The SMILES string of the molecule is CC1(NCC(O)CO)CCCOC1. The minimum atomic E-state index is -0.668. The third kappa shape index (κ3) is 3.60. The highest BCUT2D eigenvalue weighted by Crippen LogP contribution is 2.17. The minimum absolute atomic E-state index is 0.0333. The summed E-state index contributed by atoms with van der Waals surface area (Å²) < 4.78 is 5.34. The lowest BCUT2D eigenvalue weighted by atomic mass is 9.95. The molecule has 4 nitrogen and oxygen atoms in total. The molecule has 1 heterocycles. The molecule has 1 aliphatic rings. The average Bonchev–Trinajstić information content (AvgIpc) is 2.15. The molecule has 78 valence electrons. The fourth-order valence-electron chi connectivity index (χ4n) is 1.50. The number of aliphatic hydroxyl groups is 2. The monoisotopic (exact) mass is 189 g/mol. The molecule has 0 aromatic rings. The first-order chi connectivity index (χ1) is 6.16. The summed E-state index contributed by atoms with van der Waals surface area (Å²) in [6, 6.07) is 0. The second kappa shape index (κ2) is 4.91. The molecular weight excluding hydrogens is 170 g/mol. The highest BCUT2D eigenvalue weighted by molar-refractivity contribution is 4.85. The highest BCUT2D eigenvalue weighted by atomic mass is 16.5. The maximum absolute atomic E-state index is 9.15. The molecule has 13 heavy (non-hydrogen) atoms. The first-order valence-corrected chi connectivity index (χ1v) is 4.78. The van der Waals surface area contributed by atoms with E-state index < -0.39 is 6.10 Å². The molecule has 2 unspecified atom stereocenters. The Labute approximate surface area is 78.9 Å². The lowest BCUT2D eigenvalue weighted by Crippen LogP contribution is -2.51. The van der Waals surface area contributed by atoms with Gasteiger partial charge in [-0.05, 0) is 19.8 Å². The fraction of sp³-hybridized carbons (Fsp3) is 1.00. The Balaban J connectivity index is 2.24. The number of ether oxygens (including phenoxy) is 1. The van der Waals surface area contributed by atoms with Gasteiger partial charge in [-0.3, -0.25) is 0 Å². The summed E-state index contributed by atoms with van der Waals surface area (Å²) in [7, 11) is 0. The number of hydrogen-bond acceptors (Lipinski definition) is 4. The summed E-state index contributed by atoms with van der Waals surface area (Å²) in [5.74, 6) is 0. The quantitative estimate of drug-likeness (QED) is 0.558. The van der Waals surface area contributed by atoms with E-state index in [9.17, 15) is 0 Å². The van der Waals surface area contributed by atoms with Gasteiger partial charge in [-0.25, -0.2) is 0 Å². The van der Waals surface area contributed by atoms with E-state index in [1.165, 1.54) is 0 Å². The molecule has 1 aliphatic heterocycles. The second-order valence-corrected chi connectivity index (χ2v) is 3.93. The van der Waals surface area contributed by atoms with Gasteiger partial charge in [-0.1, -0.05) is 0 Å². The van der Waals surface area contributed by atoms with Crippen LogP contribution in [0.1, 0.15) is 19.8 Å². The summed E-state index contributed by atoms with van der Waals surface area (Å²) in [6.45, 7) is 3.83. The van der Waals surface area contributed by atoms with Crippen molar-refractivity contribution < 1.29 is 14.9 Å². The van der Waals surface area contributed by atoms with Crippen LogP contribution in [0.15, 0.2) is 0 Å². The molecule has 1 saturated heterocycles. The molecule has 0 saturated carbocycles. The minimum Gasteiger partial charge on any atom is -0.394 e. The predicted octanol–water partition coefficient (Wildman–Crippen LogP) is -0.502. The van der Waals surface area contributed by atoms with Crippen LogP contribution in [0, 0.1) is 0 Å². The van der Waals surface area contributed by atoms with Gasteiger partial charge in [0.2, 0.25) is 0 Å². The third-order valence-electron chi connectivity index (χ3n) is 2.41. The van der Waals surface area contributed by atoms with Gasteiger partial charge in [0.15, 0.2) is 0 Å². The third-order valence-corrected chi connectivity index (χ3v) is 2.41. The highest BCUT2D eigenvalue weighted by Gasteiger charge is 2.27. The Kier molecular flexibility index (Phi) is 4.12. The van der Waals surface area contributed by atoms with E-state index in [0.29, 0.717) is 13.2 Å². The van der Waals surface area contributed by atoms with E-state index in [0.717, 1.165) is 19.4 Å². The van der Waals surface area contributed by atoms with Gasteiger partial charge < -0.3 is 20.3 Å². The number of hydrogen-bond donors (Lipinski definition) is 3. The van der Waals surface area contributed by atoms with Crippen molar-refractivity contribution in [2.45, 2.75) is 31.4 Å². The lowest BCUT2D eigenvalue weighted by Gasteiger charge is -2.35. The van der Waals surface area contributed by atoms with Crippen molar-refractivity contribution in [3.8, 4) is 0 Å². The first-order valence-electron chi connectivity index (χ1n) is 4.78. The molecule has 0 amide bonds. The maximum Gasteiger partial charge on any atom is 0.0895 e. The number of nitrogens with one attached hydrogen (secondary N) is 1. The van der Waals surface area contributed by atoms with E-state index in [1.807, 2.05) is 0 Å². The van der Waals surface area contributed by atoms with Crippen molar-refractivity contribution in [3.05, 3.63) is 0 Å². The number of rotatable bonds is 4. The maximum atomic E-state index is 9.15. The number of aliphatic hydroxyl groups excluding tert-OH is 2. The van der Waals surface area contributed by atoms with Crippen molar-refractivity contribution in [1.29, 1.82) is 0 Å². The van der Waals surface area contributed by atoms with E-state index in [2.05, 4.69) is 12.2 Å². The summed E-state index contributed by atoms with van der Waals surface area (Å²) >= 11 is 0. The van der Waals surface area contributed by atoms with E-state index in [4.69, 9.17) is 14.9 Å². The van der Waals surface area contributed by atoms with Crippen LogP contribution in [-0.4, -0.2) is 48.2 Å². The van der Waals surface area contributed by atoms with Crippen molar-refractivity contribution in [2.75, 3.05) is 26.4 Å². The predicted molar refractivity (Wildman–Crippen MR) is 49.6 cm³/mol. The van der Waals surface area contributed by atoms with Crippen LogP contribution in [-0.2, 0) is 4.74 Å². The molecule has 0 aromatic carbocycles. The van der Waals surface area contributed by atoms with Gasteiger partial charge in [0.25, 0.3) is 0 Å². The van der Waals surface area contributed by atoms with E-state index >= 15 is 0 Å². The van der Waals surface area contributed by atoms with Crippen LogP contribution in [0.3, 0.4) is 0 Å². The Bertz CT molecular complexity index is 146. The lowest BCUT2D eigenvalue weighted by molar-refractivity contribution is 0.0171. The molecular formula is C9H19NO3. The molecule has 1 rings (SSSR count). The van der Waals surface area contributed by atoms with Gasteiger partial charge in [-0.2, -0.15) is 0 Å².